The number of carbonyl (C=O) groups is 5. The molecule has 2 rings (SSSR count). The summed E-state index contributed by atoms with van der Waals surface area (Å²) in [7, 11) is 0. The number of nitrogens with zero attached hydrogens (tertiary/aromatic N) is 3. The van der Waals surface area contributed by atoms with E-state index in [2.05, 4.69) is 25.1 Å². The average molecular weight is 476 g/mol. The average Bonchev–Trinajstić information content (AvgIpc) is 3.05. The fourth-order valence-corrected chi connectivity index (χ4v) is 2.66. The van der Waals surface area contributed by atoms with Gasteiger partial charge in [-0.25, -0.2) is 19.6 Å². The number of oxime groups is 1. The van der Waals surface area contributed by atoms with Crippen molar-refractivity contribution in [2.45, 2.75) is 12.1 Å². The van der Waals surface area contributed by atoms with Crippen LogP contribution >= 0.6 is 11.3 Å². The number of β-lactam (4-membered cyclic amide) rings is 1. The van der Waals surface area contributed by atoms with Gasteiger partial charge in [-0.05, 0) is 0 Å². The number of aliphatic carboxylic acids is 2. The molecule has 1 aliphatic rings. The van der Waals surface area contributed by atoms with E-state index in [4.69, 9.17) is 21.7 Å². The molecule has 0 aromatic carbocycles. The number of carboxylic acid groups (broad SMARTS) is 2. The van der Waals surface area contributed by atoms with Crippen LogP contribution in [0.5, 0.6) is 0 Å². The van der Waals surface area contributed by atoms with Crippen molar-refractivity contribution in [3.63, 3.8) is 0 Å². The van der Waals surface area contributed by atoms with Crippen molar-refractivity contribution >= 4 is 111 Å². The number of nitrogens with one attached hydrogen (secondary N) is 1. The van der Waals surface area contributed by atoms with Gasteiger partial charge in [-0.2, -0.15) is 0 Å². The van der Waals surface area contributed by atoms with E-state index in [1.54, 1.807) is 0 Å². The van der Waals surface area contributed by atoms with E-state index >= 15 is 0 Å². The van der Waals surface area contributed by atoms with E-state index in [1.807, 2.05) is 0 Å². The van der Waals surface area contributed by atoms with E-state index in [9.17, 15) is 24.0 Å². The molecule has 0 aliphatic carbocycles. The zero-order valence-corrected chi connectivity index (χ0v) is 21.1. The Balaban J connectivity index is 0.00000450. The molecule has 3 amide bonds. The predicted octanol–water partition coefficient (Wildman–Crippen LogP) is -4.03. The number of hydrogen-bond acceptors (Lipinski definition) is 11. The van der Waals surface area contributed by atoms with Crippen LogP contribution in [-0.4, -0.2) is 140 Å². The summed E-state index contributed by atoms with van der Waals surface area (Å²) < 4.78 is 0. The topological polar surface area (TPSA) is 237 Å². The van der Waals surface area contributed by atoms with Crippen LogP contribution in [0.15, 0.2) is 10.5 Å². The van der Waals surface area contributed by atoms with Crippen LogP contribution in [0.25, 0.3) is 0 Å². The van der Waals surface area contributed by atoms with Crippen molar-refractivity contribution in [2.24, 2.45) is 10.9 Å². The standard InChI is InChI=1S/C13H14N6O9S.2Na/c14-10(24)9-8(12(26)19(9)28-2-6(22)23)17-11(25)7(18-27-1-5(20)21)4-3-29-13(15)16-4;;/h3,8-9H,1-2H2,(H2,14,24)(H2,15,16)(H,17,25)(H,20,21)(H,22,23);;/t8-,9+;;/m0../s1. The van der Waals surface area contributed by atoms with Gasteiger partial charge in [0.1, 0.15) is 11.7 Å². The molecule has 0 bridgehead atoms. The van der Waals surface area contributed by atoms with E-state index < -0.39 is 60.7 Å². The Labute approximate surface area is 221 Å². The molecule has 1 aliphatic heterocycles. The fraction of sp³-hybridized carbons (Fsp3) is 0.308. The van der Waals surface area contributed by atoms with E-state index in [0.717, 1.165) is 11.3 Å². The molecule has 2 radical (unpaired) electrons. The van der Waals surface area contributed by atoms with Gasteiger partial charge in [-0.3, -0.25) is 19.2 Å². The first-order valence-corrected chi connectivity index (χ1v) is 8.40. The summed E-state index contributed by atoms with van der Waals surface area (Å²) in [6.45, 7) is -1.77. The van der Waals surface area contributed by atoms with Gasteiger partial charge in [0.05, 0.1) is 0 Å². The third-order valence-corrected chi connectivity index (χ3v) is 3.95. The number of nitrogen functional groups attached to an aromatic ring is 1. The first kappa shape index (κ1) is 29.2. The van der Waals surface area contributed by atoms with Crippen molar-refractivity contribution in [1.82, 2.24) is 15.4 Å². The molecular formula is C13H14N6Na2O9S. The summed E-state index contributed by atoms with van der Waals surface area (Å²) >= 11 is 0.953. The number of aromatic nitrogens is 1. The van der Waals surface area contributed by atoms with Gasteiger partial charge in [0.15, 0.2) is 23.5 Å². The van der Waals surface area contributed by atoms with Crippen LogP contribution in [0.1, 0.15) is 5.69 Å². The number of rotatable bonds is 10. The molecule has 1 aromatic rings. The Hall–Kier alpha value is -1.79. The smallest absolute Gasteiger partial charge is 0.344 e. The number of amides is 3. The number of nitrogens with two attached hydrogens (primary N) is 2. The first-order chi connectivity index (χ1) is 13.6. The molecule has 2 atom stereocenters. The number of carbonyl (C=O) groups excluding carboxylic acids is 3. The minimum Gasteiger partial charge on any atom is -0.479 e. The number of primary amides is 1. The maximum Gasteiger partial charge on any atom is 0.344 e. The number of hydrogen-bond donors (Lipinski definition) is 5. The second-order valence-corrected chi connectivity index (χ2v) is 6.20. The monoisotopic (exact) mass is 476 g/mol. The Kier molecular flexibility index (Phi) is 12.2. The van der Waals surface area contributed by atoms with Gasteiger partial charge in [0.2, 0.25) is 12.5 Å². The first-order valence-electron chi connectivity index (χ1n) is 7.53. The van der Waals surface area contributed by atoms with Gasteiger partial charge in [-0.1, -0.05) is 5.16 Å². The molecule has 1 aromatic heterocycles. The molecule has 0 saturated carbocycles. The third kappa shape index (κ3) is 7.69. The van der Waals surface area contributed by atoms with Gasteiger partial charge in [0, 0.05) is 64.5 Å². The van der Waals surface area contributed by atoms with E-state index in [1.165, 1.54) is 5.38 Å². The molecule has 1 fully saturated rings. The Bertz CT molecular complexity index is 895. The summed E-state index contributed by atoms with van der Waals surface area (Å²) in [6.07, 6.45) is 0. The Morgan fingerprint density at radius 2 is 1.84 bits per heavy atom. The predicted molar refractivity (Wildman–Crippen MR) is 104 cm³/mol. The molecule has 0 spiro atoms. The molecule has 15 nitrogen and oxygen atoms in total. The Morgan fingerprint density at radius 1 is 1.23 bits per heavy atom. The van der Waals surface area contributed by atoms with Crippen molar-refractivity contribution in [2.75, 3.05) is 18.9 Å². The fourth-order valence-electron chi connectivity index (χ4n) is 2.11. The zero-order chi connectivity index (χ0) is 21.7. The molecular weight excluding hydrogens is 462 g/mol. The van der Waals surface area contributed by atoms with Crippen molar-refractivity contribution in [3.05, 3.63) is 11.1 Å². The van der Waals surface area contributed by atoms with Crippen LogP contribution in [0.2, 0.25) is 0 Å². The summed E-state index contributed by atoms with van der Waals surface area (Å²) in [6, 6.07) is -2.96. The molecule has 1 saturated heterocycles. The number of thiazole rings is 1. The van der Waals surface area contributed by atoms with Crippen molar-refractivity contribution < 1.29 is 43.9 Å². The van der Waals surface area contributed by atoms with Crippen LogP contribution in [0.4, 0.5) is 5.13 Å². The molecule has 2 heterocycles. The van der Waals surface area contributed by atoms with Crippen molar-refractivity contribution in [3.8, 4) is 0 Å². The van der Waals surface area contributed by atoms with Crippen LogP contribution in [-0.2, 0) is 33.6 Å². The normalized spacial score (nSPS) is 17.5. The van der Waals surface area contributed by atoms with E-state index in [0.29, 0.717) is 5.06 Å². The number of hydroxylamine groups is 2. The second-order valence-electron chi connectivity index (χ2n) is 5.31. The molecule has 18 heteroatoms. The summed E-state index contributed by atoms with van der Waals surface area (Å²) in [4.78, 5) is 70.3. The molecule has 7 N–H and O–H groups in total. The molecule has 158 valence electrons. The number of carboxylic acids is 2. The maximum absolute atomic E-state index is 12.5. The minimum atomic E-state index is -1.48. The van der Waals surface area contributed by atoms with Crippen LogP contribution in [0.3, 0.4) is 0 Å². The van der Waals surface area contributed by atoms with Gasteiger partial charge in [-0.15, -0.1) is 11.3 Å². The van der Waals surface area contributed by atoms with E-state index in [-0.39, 0.29) is 69.9 Å². The SMILES string of the molecule is NC(=O)[C@H]1[C@H](NC(=O)C(=NOCC(=O)O)c2csc(N)n2)C(=O)N1OCC(=O)O.[Na].[Na]. The van der Waals surface area contributed by atoms with Gasteiger partial charge >= 0.3 is 11.9 Å². The van der Waals surface area contributed by atoms with Crippen LogP contribution in [0, 0.1) is 0 Å². The zero-order valence-electron chi connectivity index (χ0n) is 16.3. The van der Waals surface area contributed by atoms with Crippen molar-refractivity contribution in [1.29, 1.82) is 0 Å². The molecule has 0 unspecified atom stereocenters. The maximum atomic E-state index is 12.5. The Morgan fingerprint density at radius 3 is 2.32 bits per heavy atom. The molecule has 31 heavy (non-hydrogen) atoms. The quantitative estimate of drug-likeness (QED) is 0.0943. The second kappa shape index (κ2) is 12.9. The summed E-state index contributed by atoms with van der Waals surface area (Å²) in [5.41, 5.74) is 10.1. The minimum absolute atomic E-state index is 0. The van der Waals surface area contributed by atoms with Gasteiger partial charge < -0.3 is 31.8 Å². The summed E-state index contributed by atoms with van der Waals surface area (Å²) in [5, 5.41) is 24.6. The third-order valence-electron chi connectivity index (χ3n) is 3.28. The number of anilines is 1. The van der Waals surface area contributed by atoms with Gasteiger partial charge in [0.25, 0.3) is 11.8 Å². The van der Waals surface area contributed by atoms with Crippen LogP contribution < -0.4 is 16.8 Å². The largest absolute Gasteiger partial charge is 0.479 e. The summed E-state index contributed by atoms with van der Waals surface area (Å²) in [5.74, 6) is -5.82.